The Balaban J connectivity index is 2.07. The number of thiazole rings is 1. The van der Waals surface area contributed by atoms with Gasteiger partial charge in [0.1, 0.15) is 0 Å². The molecule has 1 aliphatic carbocycles. The molecule has 1 fully saturated rings. The van der Waals surface area contributed by atoms with Crippen LogP contribution in [-0.2, 0) is 0 Å². The van der Waals surface area contributed by atoms with E-state index in [9.17, 15) is 4.79 Å². The van der Waals surface area contributed by atoms with Gasteiger partial charge in [-0.3, -0.25) is 0 Å². The average molecular weight is 275 g/mol. The van der Waals surface area contributed by atoms with Crippen molar-refractivity contribution in [2.75, 3.05) is 0 Å². The number of carbonyl (C=O) groups is 1. The zero-order valence-electron chi connectivity index (χ0n) is 11.5. The van der Waals surface area contributed by atoms with Crippen LogP contribution in [0.5, 0.6) is 0 Å². The van der Waals surface area contributed by atoms with Crippen molar-refractivity contribution in [1.29, 1.82) is 0 Å². The summed E-state index contributed by atoms with van der Waals surface area (Å²) in [5, 5.41) is 10.2. The highest BCUT2D eigenvalue weighted by atomic mass is 32.1. The summed E-state index contributed by atoms with van der Waals surface area (Å²) in [7, 11) is 0. The topological polar surface area (TPSA) is 50.2 Å². The van der Waals surface area contributed by atoms with Crippen molar-refractivity contribution in [1.82, 2.24) is 4.98 Å². The lowest BCUT2D eigenvalue weighted by atomic mass is 10.0. The maximum Gasteiger partial charge on any atom is 0.335 e. The van der Waals surface area contributed by atoms with Crippen molar-refractivity contribution in [3.05, 3.63) is 28.8 Å². The summed E-state index contributed by atoms with van der Waals surface area (Å²) in [6.07, 6.45) is 0. The van der Waals surface area contributed by atoms with E-state index in [2.05, 4.69) is 27.7 Å². The number of aromatic nitrogens is 1. The third kappa shape index (κ3) is 1.62. The number of fused-ring (bicyclic) bond motifs is 1. The fraction of sp³-hybridized carbons (Fsp3) is 0.467. The zero-order valence-corrected chi connectivity index (χ0v) is 12.3. The number of hydrogen-bond donors (Lipinski definition) is 1. The molecule has 1 aromatic carbocycles. The Morgan fingerprint density at radius 1 is 1.26 bits per heavy atom. The number of hydrogen-bond acceptors (Lipinski definition) is 3. The molecule has 0 amide bonds. The fourth-order valence-corrected chi connectivity index (χ4v) is 4.49. The number of aromatic carboxylic acids is 1. The molecular formula is C15H17NO2S. The van der Waals surface area contributed by atoms with Crippen LogP contribution in [0, 0.1) is 10.8 Å². The van der Waals surface area contributed by atoms with Gasteiger partial charge in [-0.2, -0.15) is 0 Å². The van der Waals surface area contributed by atoms with Crippen molar-refractivity contribution in [3.8, 4) is 0 Å². The highest BCUT2D eigenvalue weighted by Gasteiger charge is 2.66. The van der Waals surface area contributed by atoms with E-state index < -0.39 is 5.97 Å². The van der Waals surface area contributed by atoms with E-state index in [0.717, 1.165) is 15.2 Å². The molecule has 0 bridgehead atoms. The molecular weight excluding hydrogens is 258 g/mol. The minimum absolute atomic E-state index is 0.260. The quantitative estimate of drug-likeness (QED) is 0.896. The zero-order chi connectivity index (χ0) is 14.0. The molecule has 0 radical (unpaired) electrons. The Kier molecular flexibility index (Phi) is 2.37. The molecule has 0 saturated heterocycles. The largest absolute Gasteiger partial charge is 0.478 e. The lowest BCUT2D eigenvalue weighted by Crippen LogP contribution is -1.95. The molecule has 4 heteroatoms. The monoisotopic (exact) mass is 275 g/mol. The number of benzene rings is 1. The van der Waals surface area contributed by atoms with E-state index in [0.29, 0.717) is 11.5 Å². The Bertz CT molecular complexity index is 671. The summed E-state index contributed by atoms with van der Waals surface area (Å²) >= 11 is 1.63. The lowest BCUT2D eigenvalue weighted by Gasteiger charge is -2.03. The summed E-state index contributed by atoms with van der Waals surface area (Å²) in [4.78, 5) is 15.7. The maximum absolute atomic E-state index is 11.0. The first-order chi connectivity index (χ1) is 8.75. The first kappa shape index (κ1) is 12.6. The number of nitrogens with zero attached hydrogens (tertiary/aromatic N) is 1. The smallest absolute Gasteiger partial charge is 0.335 e. The molecule has 0 atom stereocenters. The van der Waals surface area contributed by atoms with E-state index in [-0.39, 0.29) is 10.8 Å². The van der Waals surface area contributed by atoms with Gasteiger partial charge in [0.25, 0.3) is 0 Å². The molecule has 1 aliphatic rings. The first-order valence-corrected chi connectivity index (χ1v) is 7.20. The maximum atomic E-state index is 11.0. The molecule has 3 nitrogen and oxygen atoms in total. The van der Waals surface area contributed by atoms with Crippen LogP contribution >= 0.6 is 11.3 Å². The van der Waals surface area contributed by atoms with Crippen LogP contribution in [0.3, 0.4) is 0 Å². The second-order valence-electron chi connectivity index (χ2n) is 6.42. The van der Waals surface area contributed by atoms with Crippen molar-refractivity contribution in [2.24, 2.45) is 10.8 Å². The SMILES string of the molecule is CC1(C)C(c2nc3ccc(C(=O)O)cc3s2)C1(C)C. The Morgan fingerprint density at radius 3 is 2.42 bits per heavy atom. The molecule has 19 heavy (non-hydrogen) atoms. The van der Waals surface area contributed by atoms with Gasteiger partial charge in [-0.05, 0) is 29.0 Å². The van der Waals surface area contributed by atoms with Crippen molar-refractivity contribution in [2.45, 2.75) is 33.6 Å². The number of carboxylic acid groups (broad SMARTS) is 1. The van der Waals surface area contributed by atoms with Crippen molar-refractivity contribution in [3.63, 3.8) is 0 Å². The molecule has 1 aromatic heterocycles. The van der Waals surface area contributed by atoms with Crippen LogP contribution < -0.4 is 0 Å². The van der Waals surface area contributed by atoms with Gasteiger partial charge in [-0.1, -0.05) is 27.7 Å². The molecule has 0 aliphatic heterocycles. The first-order valence-electron chi connectivity index (χ1n) is 6.39. The molecule has 1 heterocycles. The fourth-order valence-electron chi connectivity index (χ4n) is 3.01. The van der Waals surface area contributed by atoms with Crippen LogP contribution in [0.4, 0.5) is 0 Å². The molecule has 1 saturated carbocycles. The third-order valence-corrected chi connectivity index (χ3v) is 6.00. The Hall–Kier alpha value is -1.42. The molecule has 0 spiro atoms. The highest BCUT2D eigenvalue weighted by molar-refractivity contribution is 7.18. The van der Waals surface area contributed by atoms with Gasteiger partial charge < -0.3 is 5.11 Å². The summed E-state index contributed by atoms with van der Waals surface area (Å²) < 4.78 is 0.966. The predicted octanol–water partition coefficient (Wildman–Crippen LogP) is 4.14. The predicted molar refractivity (Wildman–Crippen MR) is 76.9 cm³/mol. The van der Waals surface area contributed by atoms with Gasteiger partial charge in [-0.25, -0.2) is 9.78 Å². The van der Waals surface area contributed by atoms with E-state index in [1.165, 1.54) is 0 Å². The van der Waals surface area contributed by atoms with Gasteiger partial charge in [0.2, 0.25) is 0 Å². The average Bonchev–Trinajstić information content (AvgIpc) is 2.62. The molecule has 3 rings (SSSR count). The minimum Gasteiger partial charge on any atom is -0.478 e. The molecule has 100 valence electrons. The highest BCUT2D eigenvalue weighted by Crippen LogP contribution is 2.74. The van der Waals surface area contributed by atoms with Gasteiger partial charge in [0.15, 0.2) is 0 Å². The van der Waals surface area contributed by atoms with E-state index >= 15 is 0 Å². The molecule has 2 aromatic rings. The van der Waals surface area contributed by atoms with Crippen molar-refractivity contribution < 1.29 is 9.90 Å². The molecule has 1 N–H and O–H groups in total. The lowest BCUT2D eigenvalue weighted by molar-refractivity contribution is 0.0697. The van der Waals surface area contributed by atoms with E-state index in [1.807, 2.05) is 0 Å². The van der Waals surface area contributed by atoms with E-state index in [1.54, 1.807) is 29.5 Å². The van der Waals surface area contributed by atoms with Crippen LogP contribution in [0.15, 0.2) is 18.2 Å². The van der Waals surface area contributed by atoms with Gasteiger partial charge in [0, 0.05) is 5.92 Å². The standard InChI is InChI=1S/C15H17NO2S/c1-14(2)11(15(14,3)4)12-16-9-6-5-8(13(17)18)7-10(9)19-12/h5-7,11H,1-4H3,(H,17,18). The Labute approximate surface area is 116 Å². The van der Waals surface area contributed by atoms with Gasteiger partial charge in [-0.15, -0.1) is 11.3 Å². The second kappa shape index (κ2) is 3.57. The van der Waals surface area contributed by atoms with Crippen LogP contribution in [0.2, 0.25) is 0 Å². The third-order valence-electron chi connectivity index (χ3n) is 4.92. The minimum atomic E-state index is -0.885. The summed E-state index contributed by atoms with van der Waals surface area (Å²) in [5.74, 6) is -0.422. The molecule has 0 unspecified atom stereocenters. The van der Waals surface area contributed by atoms with Gasteiger partial charge in [0.05, 0.1) is 20.8 Å². The van der Waals surface area contributed by atoms with Crippen LogP contribution in [0.25, 0.3) is 10.2 Å². The number of rotatable bonds is 2. The second-order valence-corrected chi connectivity index (χ2v) is 7.48. The summed E-state index contributed by atoms with van der Waals surface area (Å²) in [5.41, 5.74) is 1.76. The van der Waals surface area contributed by atoms with Crippen LogP contribution in [-0.4, -0.2) is 16.1 Å². The number of carboxylic acids is 1. The normalized spacial score (nSPS) is 20.6. The van der Waals surface area contributed by atoms with Crippen LogP contribution in [0.1, 0.15) is 49.0 Å². The van der Waals surface area contributed by atoms with Gasteiger partial charge >= 0.3 is 5.97 Å². The summed E-state index contributed by atoms with van der Waals surface area (Å²) in [6.45, 7) is 9.08. The van der Waals surface area contributed by atoms with E-state index in [4.69, 9.17) is 10.1 Å². The summed E-state index contributed by atoms with van der Waals surface area (Å²) in [6, 6.07) is 5.15. The Morgan fingerprint density at radius 2 is 1.89 bits per heavy atom. The van der Waals surface area contributed by atoms with Crippen molar-refractivity contribution >= 4 is 27.5 Å².